The largest absolute Gasteiger partial charge is 0.389 e. The number of aromatic nitrogens is 1. The molecule has 23 heavy (non-hydrogen) atoms. The first-order chi connectivity index (χ1) is 10.9. The van der Waals surface area contributed by atoms with Crippen molar-refractivity contribution < 1.29 is 19.0 Å². The molecule has 1 N–H and O–H groups in total. The van der Waals surface area contributed by atoms with Crippen molar-refractivity contribution in [2.45, 2.75) is 13.0 Å². The van der Waals surface area contributed by atoms with Crippen LogP contribution in [0, 0.1) is 12.7 Å². The minimum Gasteiger partial charge on any atom is -0.389 e. The molecule has 2 aromatic rings. The van der Waals surface area contributed by atoms with Crippen LogP contribution in [0.3, 0.4) is 0 Å². The smallest absolute Gasteiger partial charge is 0.265 e. The first-order valence-corrected chi connectivity index (χ1v) is 7.90. The Labute approximate surface area is 138 Å². The number of likely N-dealkylation sites (N-methyl/N-ethyl adjacent to an activating group) is 1. The fourth-order valence-electron chi connectivity index (χ4n) is 2.13. The van der Waals surface area contributed by atoms with E-state index in [4.69, 9.17) is 4.74 Å². The van der Waals surface area contributed by atoms with Gasteiger partial charge in [0.1, 0.15) is 15.7 Å². The molecule has 0 aliphatic heterocycles. The van der Waals surface area contributed by atoms with E-state index in [0.29, 0.717) is 15.6 Å². The second kappa shape index (κ2) is 7.63. The Morgan fingerprint density at radius 2 is 2.09 bits per heavy atom. The molecular formula is C16H19FN2O3S. The number of carbonyl (C=O) groups excluding carboxylic acids is 1. The van der Waals surface area contributed by atoms with Crippen LogP contribution in [-0.4, -0.2) is 54.3 Å². The highest BCUT2D eigenvalue weighted by atomic mass is 32.1. The van der Waals surface area contributed by atoms with Crippen molar-refractivity contribution in [1.82, 2.24) is 9.88 Å². The van der Waals surface area contributed by atoms with E-state index in [1.807, 2.05) is 0 Å². The number of methoxy groups -OCH3 is 1. The lowest BCUT2D eigenvalue weighted by molar-refractivity contribution is 0.0382. The maximum absolute atomic E-state index is 13.0. The maximum atomic E-state index is 13.0. The Morgan fingerprint density at radius 1 is 1.43 bits per heavy atom. The third-order valence-electron chi connectivity index (χ3n) is 3.27. The molecule has 1 aromatic carbocycles. The number of hydrogen-bond donors (Lipinski definition) is 1. The average molecular weight is 338 g/mol. The molecular weight excluding hydrogens is 319 g/mol. The number of hydrogen-bond acceptors (Lipinski definition) is 5. The van der Waals surface area contributed by atoms with Crippen LogP contribution in [0.5, 0.6) is 0 Å². The summed E-state index contributed by atoms with van der Waals surface area (Å²) in [7, 11) is 3.12. The summed E-state index contributed by atoms with van der Waals surface area (Å²) in [5.41, 5.74) is 1.38. The lowest BCUT2D eigenvalue weighted by Gasteiger charge is -2.19. The van der Waals surface area contributed by atoms with Gasteiger partial charge in [-0.1, -0.05) is 0 Å². The summed E-state index contributed by atoms with van der Waals surface area (Å²) in [4.78, 5) is 18.8. The number of thiazole rings is 1. The minimum absolute atomic E-state index is 0.167. The Bertz CT molecular complexity index is 672. The zero-order chi connectivity index (χ0) is 17.0. The van der Waals surface area contributed by atoms with Crippen LogP contribution in [0.4, 0.5) is 4.39 Å². The molecule has 1 atom stereocenters. The predicted molar refractivity (Wildman–Crippen MR) is 87.1 cm³/mol. The third kappa shape index (κ3) is 4.34. The lowest BCUT2D eigenvalue weighted by atomic mass is 10.2. The lowest BCUT2D eigenvalue weighted by Crippen LogP contribution is -2.36. The topological polar surface area (TPSA) is 62.7 Å². The number of benzene rings is 1. The predicted octanol–water partition coefficient (Wildman–Crippen LogP) is 2.34. The SMILES string of the molecule is COCC(O)CN(C)C(=O)c1sc(-c2ccc(F)cc2)nc1C. The number of aryl methyl sites for hydroxylation is 1. The van der Waals surface area contributed by atoms with Gasteiger partial charge in [-0.15, -0.1) is 11.3 Å². The monoisotopic (exact) mass is 338 g/mol. The van der Waals surface area contributed by atoms with E-state index in [9.17, 15) is 14.3 Å². The van der Waals surface area contributed by atoms with E-state index >= 15 is 0 Å². The molecule has 0 saturated carbocycles. The van der Waals surface area contributed by atoms with Crippen molar-refractivity contribution in [2.24, 2.45) is 0 Å². The van der Waals surface area contributed by atoms with E-state index in [0.717, 1.165) is 5.56 Å². The summed E-state index contributed by atoms with van der Waals surface area (Å²) < 4.78 is 17.9. The Hall–Kier alpha value is -1.83. The second-order valence-electron chi connectivity index (χ2n) is 5.24. The van der Waals surface area contributed by atoms with Gasteiger partial charge in [0.25, 0.3) is 5.91 Å². The molecule has 0 radical (unpaired) electrons. The molecule has 5 nitrogen and oxygen atoms in total. The number of amides is 1. The van der Waals surface area contributed by atoms with Gasteiger partial charge in [-0.05, 0) is 31.2 Å². The number of ether oxygens (including phenoxy) is 1. The van der Waals surface area contributed by atoms with Gasteiger partial charge < -0.3 is 14.7 Å². The summed E-state index contributed by atoms with van der Waals surface area (Å²) in [6, 6.07) is 5.99. The molecule has 0 aliphatic rings. The zero-order valence-corrected chi connectivity index (χ0v) is 14.1. The third-order valence-corrected chi connectivity index (χ3v) is 4.47. The van der Waals surface area contributed by atoms with Crippen molar-refractivity contribution in [3.05, 3.63) is 40.7 Å². The molecule has 0 spiro atoms. The Balaban J connectivity index is 2.17. The molecule has 7 heteroatoms. The fraction of sp³-hybridized carbons (Fsp3) is 0.375. The number of aliphatic hydroxyl groups excluding tert-OH is 1. The van der Waals surface area contributed by atoms with Gasteiger partial charge in [-0.2, -0.15) is 0 Å². The van der Waals surface area contributed by atoms with Crippen LogP contribution in [0.2, 0.25) is 0 Å². The maximum Gasteiger partial charge on any atom is 0.265 e. The van der Waals surface area contributed by atoms with Crippen molar-refractivity contribution >= 4 is 17.2 Å². The number of aliphatic hydroxyl groups is 1. The highest BCUT2D eigenvalue weighted by Crippen LogP contribution is 2.28. The molecule has 1 heterocycles. The summed E-state index contributed by atoms with van der Waals surface area (Å²) in [6.45, 7) is 2.10. The fourth-order valence-corrected chi connectivity index (χ4v) is 3.19. The van der Waals surface area contributed by atoms with Gasteiger partial charge in [-0.25, -0.2) is 9.37 Å². The molecule has 1 aromatic heterocycles. The van der Waals surface area contributed by atoms with Gasteiger partial charge in [0, 0.05) is 26.3 Å². The number of rotatable bonds is 6. The normalized spacial score (nSPS) is 12.2. The summed E-state index contributed by atoms with van der Waals surface area (Å²) >= 11 is 1.26. The van der Waals surface area contributed by atoms with E-state index < -0.39 is 6.10 Å². The molecule has 1 amide bonds. The Morgan fingerprint density at radius 3 is 2.70 bits per heavy atom. The van der Waals surface area contributed by atoms with Crippen molar-refractivity contribution in [3.8, 4) is 10.6 Å². The van der Waals surface area contributed by atoms with Crippen LogP contribution >= 0.6 is 11.3 Å². The van der Waals surface area contributed by atoms with Crippen LogP contribution in [-0.2, 0) is 4.74 Å². The molecule has 0 saturated heterocycles. The summed E-state index contributed by atoms with van der Waals surface area (Å²) in [5, 5.41) is 10.4. The average Bonchev–Trinajstić information content (AvgIpc) is 2.89. The van der Waals surface area contributed by atoms with E-state index in [2.05, 4.69) is 4.98 Å². The minimum atomic E-state index is -0.737. The molecule has 1 unspecified atom stereocenters. The van der Waals surface area contributed by atoms with Crippen LogP contribution in [0.25, 0.3) is 10.6 Å². The molecule has 124 valence electrons. The number of carbonyl (C=O) groups is 1. The van der Waals surface area contributed by atoms with Gasteiger partial charge in [0.05, 0.1) is 18.4 Å². The van der Waals surface area contributed by atoms with Crippen LogP contribution in [0.15, 0.2) is 24.3 Å². The van der Waals surface area contributed by atoms with Gasteiger partial charge in [-0.3, -0.25) is 4.79 Å². The van der Waals surface area contributed by atoms with Crippen molar-refractivity contribution in [1.29, 1.82) is 0 Å². The highest BCUT2D eigenvalue weighted by molar-refractivity contribution is 7.17. The van der Waals surface area contributed by atoms with Crippen LogP contribution in [0.1, 0.15) is 15.4 Å². The Kier molecular flexibility index (Phi) is 5.81. The second-order valence-corrected chi connectivity index (χ2v) is 6.23. The highest BCUT2D eigenvalue weighted by Gasteiger charge is 2.21. The van der Waals surface area contributed by atoms with E-state index in [1.165, 1.54) is 35.5 Å². The van der Waals surface area contributed by atoms with Gasteiger partial charge in [0.2, 0.25) is 0 Å². The van der Waals surface area contributed by atoms with Crippen molar-refractivity contribution in [2.75, 3.05) is 27.3 Å². The van der Waals surface area contributed by atoms with E-state index in [1.54, 1.807) is 26.1 Å². The van der Waals surface area contributed by atoms with Gasteiger partial charge >= 0.3 is 0 Å². The standard InChI is InChI=1S/C16H19FN2O3S/c1-10-14(16(21)19(2)8-13(20)9-22-3)23-15(18-10)11-4-6-12(17)7-5-11/h4-7,13,20H,8-9H2,1-3H3. The summed E-state index contributed by atoms with van der Waals surface area (Å²) in [5.74, 6) is -0.520. The molecule has 0 fully saturated rings. The quantitative estimate of drug-likeness (QED) is 0.878. The number of nitrogens with zero attached hydrogens (tertiary/aromatic N) is 2. The number of halogens is 1. The van der Waals surface area contributed by atoms with Gasteiger partial charge in [0.15, 0.2) is 0 Å². The van der Waals surface area contributed by atoms with E-state index in [-0.39, 0.29) is 24.9 Å². The summed E-state index contributed by atoms with van der Waals surface area (Å²) in [6.07, 6.45) is -0.737. The molecule has 0 bridgehead atoms. The van der Waals surface area contributed by atoms with Crippen molar-refractivity contribution in [3.63, 3.8) is 0 Å². The first-order valence-electron chi connectivity index (χ1n) is 7.08. The first kappa shape index (κ1) is 17.5. The molecule has 0 aliphatic carbocycles. The molecule has 2 rings (SSSR count). The zero-order valence-electron chi connectivity index (χ0n) is 13.2. The van der Waals surface area contributed by atoms with Crippen LogP contribution < -0.4 is 0 Å².